The first-order chi connectivity index (χ1) is 12.0. The summed E-state index contributed by atoms with van der Waals surface area (Å²) in [5.74, 6) is 1.03. The van der Waals surface area contributed by atoms with Gasteiger partial charge in [0.2, 0.25) is 5.91 Å². The van der Waals surface area contributed by atoms with Gasteiger partial charge in [-0.2, -0.15) is 0 Å². The van der Waals surface area contributed by atoms with E-state index in [4.69, 9.17) is 17.0 Å². The second-order valence-corrected chi connectivity index (χ2v) is 6.62. The zero-order valence-corrected chi connectivity index (χ0v) is 15.4. The fraction of sp³-hybridized carbons (Fsp3) is 0.300. The average molecular weight is 356 g/mol. The summed E-state index contributed by atoms with van der Waals surface area (Å²) in [6, 6.07) is 17.7. The van der Waals surface area contributed by atoms with E-state index in [1.807, 2.05) is 56.3 Å². The Kier molecular flexibility index (Phi) is 7.41. The van der Waals surface area contributed by atoms with Crippen LogP contribution in [0.5, 0.6) is 5.75 Å². The number of rotatable bonds is 7. The van der Waals surface area contributed by atoms with Crippen LogP contribution in [0.25, 0.3) is 0 Å². The summed E-state index contributed by atoms with van der Waals surface area (Å²) in [7, 11) is 0. The van der Waals surface area contributed by atoms with Gasteiger partial charge in [-0.05, 0) is 48.0 Å². The van der Waals surface area contributed by atoms with Crippen molar-refractivity contribution in [1.29, 1.82) is 0 Å². The third-order valence-corrected chi connectivity index (χ3v) is 3.67. The Morgan fingerprint density at radius 1 is 1.08 bits per heavy atom. The molecule has 2 aromatic carbocycles. The number of hydrogen-bond acceptors (Lipinski definition) is 3. The number of hydrogen-bond donors (Lipinski definition) is 2. The normalized spacial score (nSPS) is 10.4. The molecule has 2 aromatic rings. The molecule has 1 amide bonds. The van der Waals surface area contributed by atoms with E-state index in [1.165, 1.54) is 5.56 Å². The predicted molar refractivity (Wildman–Crippen MR) is 106 cm³/mol. The monoisotopic (exact) mass is 356 g/mol. The third-order valence-electron chi connectivity index (χ3n) is 3.46. The van der Waals surface area contributed by atoms with Gasteiger partial charge < -0.3 is 15.4 Å². The van der Waals surface area contributed by atoms with Crippen LogP contribution in [0.4, 0.5) is 5.69 Å². The molecule has 0 aliphatic carbocycles. The molecule has 132 valence electrons. The number of nitrogens with one attached hydrogen (secondary N) is 2. The molecule has 4 nitrogen and oxygen atoms in total. The van der Waals surface area contributed by atoms with Crippen molar-refractivity contribution in [2.75, 3.05) is 11.9 Å². The Labute approximate surface area is 154 Å². The molecule has 0 aliphatic heterocycles. The molecule has 2 N–H and O–H groups in total. The topological polar surface area (TPSA) is 50.4 Å². The van der Waals surface area contributed by atoms with Crippen molar-refractivity contribution in [3.63, 3.8) is 0 Å². The van der Waals surface area contributed by atoms with Gasteiger partial charge >= 0.3 is 0 Å². The van der Waals surface area contributed by atoms with Gasteiger partial charge in [0, 0.05) is 18.5 Å². The Morgan fingerprint density at radius 2 is 1.76 bits per heavy atom. The number of ether oxygens (including phenoxy) is 1. The van der Waals surface area contributed by atoms with Gasteiger partial charge in [-0.25, -0.2) is 0 Å². The molecule has 25 heavy (non-hydrogen) atoms. The predicted octanol–water partition coefficient (Wildman–Crippen LogP) is 4.17. The molecule has 0 aromatic heterocycles. The van der Waals surface area contributed by atoms with Crippen LogP contribution in [-0.4, -0.2) is 17.6 Å². The molecule has 0 saturated heterocycles. The van der Waals surface area contributed by atoms with E-state index in [1.54, 1.807) is 0 Å². The number of amides is 1. The molecule has 0 heterocycles. The first-order valence-electron chi connectivity index (χ1n) is 8.40. The smallest absolute Gasteiger partial charge is 0.226 e. The van der Waals surface area contributed by atoms with Crippen molar-refractivity contribution in [2.24, 2.45) is 5.92 Å². The maximum absolute atomic E-state index is 11.7. The summed E-state index contributed by atoms with van der Waals surface area (Å²) < 4.78 is 5.75. The third kappa shape index (κ3) is 7.35. The zero-order valence-electron chi connectivity index (χ0n) is 14.6. The molecule has 0 fully saturated rings. The Bertz CT molecular complexity index is 685. The second kappa shape index (κ2) is 9.79. The lowest BCUT2D eigenvalue weighted by Crippen LogP contribution is -2.34. The molecule has 0 bridgehead atoms. The van der Waals surface area contributed by atoms with Crippen LogP contribution in [0, 0.1) is 5.92 Å². The quantitative estimate of drug-likeness (QED) is 0.731. The zero-order chi connectivity index (χ0) is 18.1. The van der Waals surface area contributed by atoms with Crippen LogP contribution >= 0.6 is 12.2 Å². The van der Waals surface area contributed by atoms with E-state index in [2.05, 4.69) is 22.8 Å². The van der Waals surface area contributed by atoms with Crippen molar-refractivity contribution in [2.45, 2.75) is 26.7 Å². The van der Waals surface area contributed by atoms with E-state index < -0.39 is 0 Å². The van der Waals surface area contributed by atoms with E-state index in [0.717, 1.165) is 17.9 Å². The lowest BCUT2D eigenvalue weighted by molar-refractivity contribution is -0.120. The SMILES string of the molecule is CC(C)CC(=O)NC(=S)Nc1ccc(OCCc2ccccc2)cc1. The number of anilines is 1. The summed E-state index contributed by atoms with van der Waals surface area (Å²) in [5, 5.41) is 5.98. The van der Waals surface area contributed by atoms with Crippen LogP contribution in [-0.2, 0) is 11.2 Å². The highest BCUT2D eigenvalue weighted by atomic mass is 32.1. The lowest BCUT2D eigenvalue weighted by atomic mass is 10.1. The van der Waals surface area contributed by atoms with Crippen LogP contribution in [0.1, 0.15) is 25.8 Å². The minimum absolute atomic E-state index is 0.0756. The highest BCUT2D eigenvalue weighted by molar-refractivity contribution is 7.80. The van der Waals surface area contributed by atoms with Crippen molar-refractivity contribution >= 4 is 28.9 Å². The maximum Gasteiger partial charge on any atom is 0.226 e. The Morgan fingerprint density at radius 3 is 2.40 bits per heavy atom. The van der Waals surface area contributed by atoms with Gasteiger partial charge in [-0.15, -0.1) is 0 Å². The standard InChI is InChI=1S/C20H24N2O2S/c1-15(2)14-19(23)22-20(25)21-17-8-10-18(11-9-17)24-13-12-16-6-4-3-5-7-16/h3-11,15H,12-14H2,1-2H3,(H2,21,22,23,25). The van der Waals surface area contributed by atoms with Gasteiger partial charge in [0.15, 0.2) is 5.11 Å². The Hall–Kier alpha value is -2.40. The van der Waals surface area contributed by atoms with E-state index in [9.17, 15) is 4.79 Å². The first kappa shape index (κ1) is 18.9. The van der Waals surface area contributed by atoms with Crippen molar-refractivity contribution in [1.82, 2.24) is 5.32 Å². The molecule has 2 rings (SSSR count). The molecule has 0 unspecified atom stereocenters. The summed E-state index contributed by atoms with van der Waals surface area (Å²) in [4.78, 5) is 11.7. The van der Waals surface area contributed by atoms with E-state index in [0.29, 0.717) is 24.1 Å². The largest absolute Gasteiger partial charge is 0.493 e. The number of benzene rings is 2. The molecular weight excluding hydrogens is 332 g/mol. The highest BCUT2D eigenvalue weighted by Gasteiger charge is 2.07. The summed E-state index contributed by atoms with van der Waals surface area (Å²) in [6.45, 7) is 4.61. The molecule has 0 radical (unpaired) electrons. The van der Waals surface area contributed by atoms with Crippen LogP contribution < -0.4 is 15.4 Å². The molecule has 0 aliphatic rings. The van der Waals surface area contributed by atoms with Gasteiger partial charge in [0.05, 0.1) is 6.61 Å². The first-order valence-corrected chi connectivity index (χ1v) is 8.81. The number of carbonyl (C=O) groups is 1. The molecular formula is C20H24N2O2S. The van der Waals surface area contributed by atoms with Gasteiger partial charge in [0.25, 0.3) is 0 Å². The van der Waals surface area contributed by atoms with E-state index in [-0.39, 0.29) is 5.91 Å². The molecule has 0 spiro atoms. The minimum Gasteiger partial charge on any atom is -0.493 e. The summed E-state index contributed by atoms with van der Waals surface area (Å²) in [5.41, 5.74) is 2.06. The van der Waals surface area contributed by atoms with Crippen LogP contribution in [0.15, 0.2) is 54.6 Å². The summed E-state index contributed by atoms with van der Waals surface area (Å²) >= 11 is 5.15. The summed E-state index contributed by atoms with van der Waals surface area (Å²) in [6.07, 6.45) is 1.32. The molecule has 5 heteroatoms. The molecule has 0 saturated carbocycles. The van der Waals surface area contributed by atoms with Gasteiger partial charge in [-0.3, -0.25) is 4.79 Å². The van der Waals surface area contributed by atoms with Crippen LogP contribution in [0.2, 0.25) is 0 Å². The number of thiocarbonyl (C=S) groups is 1. The maximum atomic E-state index is 11.7. The van der Waals surface area contributed by atoms with Crippen molar-refractivity contribution < 1.29 is 9.53 Å². The van der Waals surface area contributed by atoms with Crippen LogP contribution in [0.3, 0.4) is 0 Å². The Balaban J connectivity index is 1.75. The fourth-order valence-electron chi connectivity index (χ4n) is 2.28. The van der Waals surface area contributed by atoms with E-state index >= 15 is 0 Å². The fourth-order valence-corrected chi connectivity index (χ4v) is 2.51. The average Bonchev–Trinajstić information content (AvgIpc) is 2.56. The minimum atomic E-state index is -0.0756. The van der Waals surface area contributed by atoms with Crippen molar-refractivity contribution in [3.05, 3.63) is 60.2 Å². The number of carbonyl (C=O) groups excluding carboxylic acids is 1. The van der Waals surface area contributed by atoms with Gasteiger partial charge in [0.1, 0.15) is 5.75 Å². The van der Waals surface area contributed by atoms with Gasteiger partial charge in [-0.1, -0.05) is 44.2 Å². The molecule has 0 atom stereocenters. The highest BCUT2D eigenvalue weighted by Crippen LogP contribution is 2.16. The lowest BCUT2D eigenvalue weighted by Gasteiger charge is -2.11. The van der Waals surface area contributed by atoms with Crippen molar-refractivity contribution in [3.8, 4) is 5.75 Å². The second-order valence-electron chi connectivity index (χ2n) is 6.21.